The van der Waals surface area contributed by atoms with E-state index in [0.29, 0.717) is 50.8 Å². The van der Waals surface area contributed by atoms with E-state index in [-0.39, 0.29) is 55.1 Å². The smallest absolute Gasteiger partial charge is 0.382 e. The van der Waals surface area contributed by atoms with Crippen LogP contribution in [0.2, 0.25) is 0 Å². The minimum atomic E-state index is -6.08. The first kappa shape index (κ1) is 50.6. The second-order valence-corrected chi connectivity index (χ2v) is 19.8. The van der Waals surface area contributed by atoms with E-state index in [1.54, 1.807) is 22.9 Å². The number of alkyl halides is 3. The standard InChI is InChI=1S/C44H47F3N6O11S3/c45-44(46,47)66(59,60)37-27-32(67(61,62)52-40(55)29-9-3-1-4-10-29)15-16-34(37)50-30(28-65-31-11-5-2-6-12-31)19-21-48-20-8-23-63-25-26-64-24-22-49-35-14-7-13-33-39(35)43(58)53(42(33)57)36-17-18-38(54)51-41(36)56/h1-7,9-16,27,30,36,48-50H,8,17-26,28H2,(H,52,55)(H,51,54,56)/t30-,36-/m1/s1. The lowest BCUT2D eigenvalue weighted by Gasteiger charge is -2.27. The van der Waals surface area contributed by atoms with Gasteiger partial charge in [0, 0.05) is 47.5 Å². The molecular formula is C44H47F3N6O11S3. The van der Waals surface area contributed by atoms with E-state index in [4.69, 9.17) is 9.47 Å². The van der Waals surface area contributed by atoms with Crippen molar-refractivity contribution in [3.63, 3.8) is 0 Å². The van der Waals surface area contributed by atoms with Gasteiger partial charge in [-0.25, -0.2) is 21.6 Å². The highest BCUT2D eigenvalue weighted by Crippen LogP contribution is 2.37. The number of amides is 5. The van der Waals surface area contributed by atoms with Crippen LogP contribution in [0.1, 0.15) is 56.8 Å². The van der Waals surface area contributed by atoms with E-state index in [9.17, 15) is 54.0 Å². The summed E-state index contributed by atoms with van der Waals surface area (Å²) < 4.78 is 107. The van der Waals surface area contributed by atoms with Crippen molar-refractivity contribution in [2.45, 2.75) is 58.0 Å². The van der Waals surface area contributed by atoms with E-state index in [2.05, 4.69) is 21.3 Å². The Balaban J connectivity index is 0.955. The van der Waals surface area contributed by atoms with Gasteiger partial charge in [-0.3, -0.25) is 34.2 Å². The number of sulfone groups is 1. The number of ether oxygens (including phenoxy) is 2. The Labute approximate surface area is 388 Å². The number of piperidine rings is 1. The molecular weight excluding hydrogens is 942 g/mol. The van der Waals surface area contributed by atoms with Crippen molar-refractivity contribution >= 4 is 72.5 Å². The van der Waals surface area contributed by atoms with Gasteiger partial charge in [0.25, 0.3) is 37.6 Å². The van der Waals surface area contributed by atoms with Gasteiger partial charge in [-0.2, -0.15) is 13.2 Å². The van der Waals surface area contributed by atoms with Gasteiger partial charge in [-0.1, -0.05) is 42.5 Å². The zero-order valence-electron chi connectivity index (χ0n) is 35.7. The summed E-state index contributed by atoms with van der Waals surface area (Å²) in [6, 6.07) is 21.7. The van der Waals surface area contributed by atoms with Gasteiger partial charge in [0.15, 0.2) is 0 Å². The molecule has 1 saturated heterocycles. The average Bonchev–Trinajstić information content (AvgIpc) is 3.55. The minimum absolute atomic E-state index is 0.0153. The van der Waals surface area contributed by atoms with Crippen molar-refractivity contribution in [3.8, 4) is 0 Å². The summed E-state index contributed by atoms with van der Waals surface area (Å²) in [5.74, 6) is -3.15. The van der Waals surface area contributed by atoms with Gasteiger partial charge in [0.1, 0.15) is 10.9 Å². The van der Waals surface area contributed by atoms with Crippen molar-refractivity contribution in [2.75, 3.05) is 62.4 Å². The van der Waals surface area contributed by atoms with E-state index < -0.39 is 82.5 Å². The molecule has 4 aromatic carbocycles. The van der Waals surface area contributed by atoms with Crippen LogP contribution in [0.5, 0.6) is 0 Å². The second-order valence-electron chi connectivity index (χ2n) is 15.1. The fourth-order valence-electron chi connectivity index (χ4n) is 7.04. The van der Waals surface area contributed by atoms with Crippen molar-refractivity contribution < 1.29 is 63.5 Å². The number of thioether (sulfide) groups is 1. The van der Waals surface area contributed by atoms with Crippen molar-refractivity contribution in [1.29, 1.82) is 0 Å². The number of halogens is 3. The Bertz CT molecular complexity index is 2660. The fourth-order valence-corrected chi connectivity index (χ4v) is 10.1. The molecule has 0 unspecified atom stereocenters. The highest BCUT2D eigenvalue weighted by Gasteiger charge is 2.49. The lowest BCUT2D eigenvalue weighted by atomic mass is 10.0. The van der Waals surface area contributed by atoms with Crippen molar-refractivity contribution in [3.05, 3.63) is 114 Å². The summed E-state index contributed by atoms with van der Waals surface area (Å²) in [5, 5.41) is 11.4. The minimum Gasteiger partial charge on any atom is -0.382 e. The predicted octanol–water partition coefficient (Wildman–Crippen LogP) is 4.59. The molecule has 0 radical (unpaired) electrons. The third kappa shape index (κ3) is 13.0. The number of benzene rings is 4. The summed E-state index contributed by atoms with van der Waals surface area (Å²) in [5.41, 5.74) is -5.58. The summed E-state index contributed by atoms with van der Waals surface area (Å²) in [4.78, 5) is 62.5. The summed E-state index contributed by atoms with van der Waals surface area (Å²) in [6.07, 6.45) is 0.968. The molecule has 0 bridgehead atoms. The second kappa shape index (κ2) is 22.8. The molecule has 0 aliphatic carbocycles. The van der Waals surface area contributed by atoms with Gasteiger partial charge < -0.3 is 25.4 Å². The van der Waals surface area contributed by atoms with Crippen molar-refractivity contribution in [1.82, 2.24) is 20.3 Å². The number of fused-ring (bicyclic) bond motifs is 1. The molecule has 17 nitrogen and oxygen atoms in total. The zero-order chi connectivity index (χ0) is 48.2. The first-order valence-corrected chi connectivity index (χ1v) is 24.9. The lowest BCUT2D eigenvalue weighted by Crippen LogP contribution is -2.54. The molecule has 5 amide bonds. The van der Waals surface area contributed by atoms with Gasteiger partial charge in [0.05, 0.1) is 41.5 Å². The normalized spacial score (nSPS) is 15.8. The third-order valence-electron chi connectivity index (χ3n) is 10.4. The molecule has 2 aliphatic rings. The van der Waals surface area contributed by atoms with Crippen LogP contribution in [-0.2, 0) is 38.9 Å². The van der Waals surface area contributed by atoms with E-state index in [1.807, 2.05) is 30.3 Å². The molecule has 4 aromatic rings. The molecule has 0 aromatic heterocycles. The first-order valence-electron chi connectivity index (χ1n) is 20.9. The number of imide groups is 2. The highest BCUT2D eigenvalue weighted by atomic mass is 32.2. The zero-order valence-corrected chi connectivity index (χ0v) is 38.1. The van der Waals surface area contributed by atoms with Crippen LogP contribution >= 0.6 is 11.8 Å². The number of rotatable bonds is 24. The molecule has 2 heterocycles. The third-order valence-corrected chi connectivity index (χ3v) is 14.4. The Morgan fingerprint density at radius 2 is 1.51 bits per heavy atom. The van der Waals surface area contributed by atoms with Crippen LogP contribution in [0.25, 0.3) is 0 Å². The molecule has 23 heteroatoms. The van der Waals surface area contributed by atoms with Crippen LogP contribution in [0, 0.1) is 0 Å². The molecule has 358 valence electrons. The molecule has 6 rings (SSSR count). The van der Waals surface area contributed by atoms with E-state index in [1.165, 1.54) is 42.1 Å². The number of nitrogens with one attached hydrogen (secondary N) is 5. The van der Waals surface area contributed by atoms with Crippen LogP contribution in [0.15, 0.2) is 112 Å². The van der Waals surface area contributed by atoms with Gasteiger partial charge in [0.2, 0.25) is 11.8 Å². The number of nitrogens with zero attached hydrogens (tertiary/aromatic N) is 1. The quantitative estimate of drug-likeness (QED) is 0.0367. The van der Waals surface area contributed by atoms with Gasteiger partial charge in [-0.05, 0) is 86.9 Å². The Morgan fingerprint density at radius 3 is 2.21 bits per heavy atom. The first-order chi connectivity index (χ1) is 32.0. The monoisotopic (exact) mass is 988 g/mol. The van der Waals surface area contributed by atoms with Crippen LogP contribution in [-0.4, -0.2) is 121 Å². The number of hydrogen-bond donors (Lipinski definition) is 5. The van der Waals surface area contributed by atoms with Crippen LogP contribution in [0.3, 0.4) is 0 Å². The Hall–Kier alpha value is -5.85. The van der Waals surface area contributed by atoms with Gasteiger partial charge >= 0.3 is 5.51 Å². The summed E-state index contributed by atoms with van der Waals surface area (Å²) in [6.45, 7) is 2.31. The Kier molecular flexibility index (Phi) is 17.2. The number of sulfonamides is 1. The summed E-state index contributed by atoms with van der Waals surface area (Å²) in [7, 11) is -10.9. The maximum absolute atomic E-state index is 14.0. The SMILES string of the molecule is O=C1CC[C@@H](N2C(=O)c3cccc(NCCOCCOCCCNCC[C@H](CSc4ccccc4)Nc4ccc(S(=O)(=O)NC(=O)c5ccccc5)cc4S(=O)(=O)C(F)(F)F)c3C2=O)C(=O)N1. The lowest BCUT2D eigenvalue weighted by molar-refractivity contribution is -0.136. The maximum Gasteiger partial charge on any atom is 0.501 e. The number of carbonyl (C=O) groups excluding carboxylic acids is 5. The number of hydrogen-bond acceptors (Lipinski definition) is 15. The molecule has 2 atom stereocenters. The van der Waals surface area contributed by atoms with E-state index in [0.717, 1.165) is 21.9 Å². The van der Waals surface area contributed by atoms with Crippen LogP contribution in [0.4, 0.5) is 24.5 Å². The predicted molar refractivity (Wildman–Crippen MR) is 241 cm³/mol. The molecule has 0 saturated carbocycles. The topological polar surface area (TPSA) is 235 Å². The van der Waals surface area contributed by atoms with Crippen LogP contribution < -0.4 is 26.0 Å². The number of carbonyl (C=O) groups is 5. The highest BCUT2D eigenvalue weighted by molar-refractivity contribution is 7.99. The van der Waals surface area contributed by atoms with Gasteiger partial charge in [-0.15, -0.1) is 11.8 Å². The maximum atomic E-state index is 14.0. The largest absolute Gasteiger partial charge is 0.501 e. The van der Waals surface area contributed by atoms with E-state index >= 15 is 0 Å². The molecule has 67 heavy (non-hydrogen) atoms. The number of anilines is 2. The fraction of sp³-hybridized carbons (Fsp3) is 0.341. The molecule has 2 aliphatic heterocycles. The molecule has 0 spiro atoms. The Morgan fingerprint density at radius 1 is 0.806 bits per heavy atom. The van der Waals surface area contributed by atoms with Crippen molar-refractivity contribution in [2.24, 2.45) is 0 Å². The summed E-state index contributed by atoms with van der Waals surface area (Å²) >= 11 is 1.38. The average molecular weight is 989 g/mol. The molecule has 5 N–H and O–H groups in total. The molecule has 1 fully saturated rings.